The second kappa shape index (κ2) is 8.71. The predicted molar refractivity (Wildman–Crippen MR) is 137 cm³/mol. The fraction of sp³-hybridized carbons (Fsp3) is 0.370. The standard InChI is InChI=1S/C27H28N8O2/c1-34-17-29-14-20(34)15-31-25(36)21-16-30-23(24-3-2-19-10-18(12-28)13-32-35(19)24)11-22(21)33-26-4-7-27(37,8-5-26)9-6-26/h2-3,10-11,13-14,16-17,37H,4-9,15H2,1H3,(H,30,33)(H,31,36). The third kappa shape index (κ3) is 4.21. The first-order valence-corrected chi connectivity index (χ1v) is 12.5. The van der Waals surface area contributed by atoms with Crippen molar-refractivity contribution >= 4 is 17.1 Å². The Kier molecular flexibility index (Phi) is 5.46. The highest BCUT2D eigenvalue weighted by atomic mass is 16.3. The van der Waals surface area contributed by atoms with Gasteiger partial charge in [0.25, 0.3) is 5.91 Å². The van der Waals surface area contributed by atoms with E-state index in [0.29, 0.717) is 29.1 Å². The first kappa shape index (κ1) is 23.2. The molecule has 7 rings (SSSR count). The lowest BCUT2D eigenvalue weighted by Crippen LogP contribution is -2.54. The van der Waals surface area contributed by atoms with Crippen molar-refractivity contribution in [3.05, 3.63) is 66.0 Å². The molecular weight excluding hydrogens is 468 g/mol. The van der Waals surface area contributed by atoms with Crippen LogP contribution in [0.25, 0.3) is 16.9 Å². The number of amides is 1. The Bertz CT molecular complexity index is 1520. The number of pyridine rings is 1. The topological polar surface area (TPSA) is 133 Å². The summed E-state index contributed by atoms with van der Waals surface area (Å²) >= 11 is 0. The summed E-state index contributed by atoms with van der Waals surface area (Å²) in [5, 5.41) is 31.0. The summed E-state index contributed by atoms with van der Waals surface area (Å²) in [4.78, 5) is 22.1. The lowest BCUT2D eigenvalue weighted by Gasteiger charge is -2.51. The molecule has 3 aliphatic carbocycles. The minimum absolute atomic E-state index is 0.165. The Labute approximate surface area is 214 Å². The highest BCUT2D eigenvalue weighted by molar-refractivity contribution is 6.00. The molecule has 3 aliphatic rings. The molecule has 10 heteroatoms. The van der Waals surface area contributed by atoms with Crippen molar-refractivity contribution in [1.82, 2.24) is 29.5 Å². The molecule has 0 aliphatic heterocycles. The molecule has 188 valence electrons. The van der Waals surface area contributed by atoms with Gasteiger partial charge in [-0.1, -0.05) is 0 Å². The Morgan fingerprint density at radius 1 is 1.14 bits per heavy atom. The van der Waals surface area contributed by atoms with Gasteiger partial charge in [-0.2, -0.15) is 10.4 Å². The number of rotatable bonds is 6. The molecule has 0 radical (unpaired) electrons. The summed E-state index contributed by atoms with van der Waals surface area (Å²) in [6.07, 6.45) is 11.4. The molecule has 0 aromatic carbocycles. The average Bonchev–Trinajstić information content (AvgIpc) is 3.53. The van der Waals surface area contributed by atoms with Gasteiger partial charge in [0.1, 0.15) is 6.07 Å². The fourth-order valence-electron chi connectivity index (χ4n) is 5.59. The number of nitrogens with one attached hydrogen (secondary N) is 2. The van der Waals surface area contributed by atoms with Gasteiger partial charge >= 0.3 is 0 Å². The van der Waals surface area contributed by atoms with E-state index < -0.39 is 5.60 Å². The quantitative estimate of drug-likeness (QED) is 0.373. The summed E-state index contributed by atoms with van der Waals surface area (Å²) in [7, 11) is 1.89. The summed E-state index contributed by atoms with van der Waals surface area (Å²) in [5.41, 5.74) is 4.08. The number of aromatic nitrogens is 5. The van der Waals surface area contributed by atoms with E-state index in [1.807, 2.05) is 29.8 Å². The van der Waals surface area contributed by atoms with Crippen LogP contribution in [0.1, 0.15) is 60.1 Å². The Morgan fingerprint density at radius 2 is 1.92 bits per heavy atom. The molecule has 3 saturated carbocycles. The zero-order valence-electron chi connectivity index (χ0n) is 20.6. The number of fused-ring (bicyclic) bond motifs is 4. The van der Waals surface area contributed by atoms with Gasteiger partial charge < -0.3 is 20.3 Å². The molecule has 0 spiro atoms. The number of imidazole rings is 1. The fourth-order valence-corrected chi connectivity index (χ4v) is 5.59. The maximum Gasteiger partial charge on any atom is 0.255 e. The van der Waals surface area contributed by atoms with Crippen molar-refractivity contribution in [3.63, 3.8) is 0 Å². The number of nitrogens with zero attached hydrogens (tertiary/aromatic N) is 6. The number of hydrogen-bond donors (Lipinski definition) is 3. The third-order valence-electron chi connectivity index (χ3n) is 7.99. The van der Waals surface area contributed by atoms with Crippen LogP contribution in [0.3, 0.4) is 0 Å². The maximum absolute atomic E-state index is 13.3. The number of hydrogen-bond acceptors (Lipinski definition) is 7. The number of carbonyl (C=O) groups is 1. The molecule has 3 N–H and O–H groups in total. The third-order valence-corrected chi connectivity index (χ3v) is 7.99. The smallest absolute Gasteiger partial charge is 0.255 e. The number of aliphatic hydroxyl groups is 1. The highest BCUT2D eigenvalue weighted by Gasteiger charge is 2.48. The summed E-state index contributed by atoms with van der Waals surface area (Å²) in [5.74, 6) is -0.223. The molecule has 4 aromatic heterocycles. The zero-order valence-corrected chi connectivity index (χ0v) is 20.6. The van der Waals surface area contributed by atoms with Gasteiger partial charge in [-0.25, -0.2) is 9.50 Å². The zero-order chi connectivity index (χ0) is 25.6. The van der Waals surface area contributed by atoms with Gasteiger partial charge in [-0.3, -0.25) is 9.78 Å². The van der Waals surface area contributed by atoms with Crippen molar-refractivity contribution < 1.29 is 9.90 Å². The molecule has 0 unspecified atom stereocenters. The van der Waals surface area contributed by atoms with Gasteiger partial charge in [-0.05, 0) is 62.8 Å². The van der Waals surface area contributed by atoms with Gasteiger partial charge in [0.15, 0.2) is 0 Å². The van der Waals surface area contributed by atoms with E-state index in [2.05, 4.69) is 31.8 Å². The lowest BCUT2D eigenvalue weighted by atomic mass is 9.63. The monoisotopic (exact) mass is 496 g/mol. The van der Waals surface area contributed by atoms with Crippen LogP contribution in [-0.4, -0.2) is 46.3 Å². The largest absolute Gasteiger partial charge is 0.390 e. The Hall–Kier alpha value is -4.23. The number of aryl methyl sites for hydroxylation is 1. The van der Waals surface area contributed by atoms with Crippen molar-refractivity contribution in [1.29, 1.82) is 5.26 Å². The van der Waals surface area contributed by atoms with E-state index in [4.69, 9.17) is 0 Å². The van der Waals surface area contributed by atoms with Crippen molar-refractivity contribution in [2.24, 2.45) is 7.05 Å². The van der Waals surface area contributed by atoms with Crippen molar-refractivity contribution in [2.75, 3.05) is 5.32 Å². The van der Waals surface area contributed by atoms with Crippen LogP contribution in [0, 0.1) is 11.3 Å². The molecular formula is C27H28N8O2. The van der Waals surface area contributed by atoms with Gasteiger partial charge in [0.2, 0.25) is 0 Å². The van der Waals surface area contributed by atoms with E-state index in [0.717, 1.165) is 55.4 Å². The van der Waals surface area contributed by atoms with Crippen molar-refractivity contribution in [2.45, 2.75) is 56.2 Å². The van der Waals surface area contributed by atoms with Crippen LogP contribution in [0.2, 0.25) is 0 Å². The van der Waals surface area contributed by atoms with E-state index in [1.165, 1.54) is 6.20 Å². The SMILES string of the molecule is Cn1cncc1CNC(=O)c1cnc(-c2ccc3cc(C#N)cnn23)cc1NC12CCC(O)(CC1)CC2. The van der Waals surface area contributed by atoms with Crippen LogP contribution in [0.5, 0.6) is 0 Å². The van der Waals surface area contributed by atoms with Gasteiger partial charge in [-0.15, -0.1) is 0 Å². The van der Waals surface area contributed by atoms with Gasteiger partial charge in [0.05, 0.1) is 64.1 Å². The second-order valence-electron chi connectivity index (χ2n) is 10.3. The maximum atomic E-state index is 13.3. The van der Waals surface area contributed by atoms with Crippen LogP contribution in [-0.2, 0) is 13.6 Å². The number of anilines is 1. The van der Waals surface area contributed by atoms with Crippen LogP contribution < -0.4 is 10.6 Å². The molecule has 0 saturated heterocycles. The molecule has 2 bridgehead atoms. The molecule has 1 amide bonds. The minimum atomic E-state index is -0.547. The Balaban J connectivity index is 1.35. The summed E-state index contributed by atoms with van der Waals surface area (Å²) in [6, 6.07) is 9.61. The minimum Gasteiger partial charge on any atom is -0.390 e. The molecule has 37 heavy (non-hydrogen) atoms. The second-order valence-corrected chi connectivity index (χ2v) is 10.3. The Morgan fingerprint density at radius 3 is 2.62 bits per heavy atom. The number of nitriles is 1. The van der Waals surface area contributed by atoms with Crippen LogP contribution in [0.15, 0.2) is 49.2 Å². The number of carbonyl (C=O) groups excluding carboxylic acids is 1. The van der Waals surface area contributed by atoms with E-state index in [9.17, 15) is 15.2 Å². The first-order chi connectivity index (χ1) is 17.9. The average molecular weight is 497 g/mol. The lowest BCUT2D eigenvalue weighted by molar-refractivity contribution is -0.0580. The first-order valence-electron chi connectivity index (χ1n) is 12.5. The molecule has 4 heterocycles. The summed E-state index contributed by atoms with van der Waals surface area (Å²) < 4.78 is 3.61. The van der Waals surface area contributed by atoms with E-state index in [-0.39, 0.29) is 11.4 Å². The summed E-state index contributed by atoms with van der Waals surface area (Å²) in [6.45, 7) is 0.350. The van der Waals surface area contributed by atoms with Crippen LogP contribution >= 0.6 is 0 Å². The normalized spacial score (nSPS) is 22.6. The molecule has 10 nitrogen and oxygen atoms in total. The van der Waals surface area contributed by atoms with E-state index in [1.54, 1.807) is 29.3 Å². The van der Waals surface area contributed by atoms with Gasteiger partial charge in [0, 0.05) is 25.0 Å². The molecule has 4 aromatic rings. The van der Waals surface area contributed by atoms with Crippen LogP contribution in [0.4, 0.5) is 5.69 Å². The van der Waals surface area contributed by atoms with E-state index >= 15 is 0 Å². The predicted octanol–water partition coefficient (Wildman–Crippen LogP) is 3.18. The van der Waals surface area contributed by atoms with Crippen molar-refractivity contribution in [3.8, 4) is 17.5 Å². The molecule has 3 fully saturated rings. The highest BCUT2D eigenvalue weighted by Crippen LogP contribution is 2.48. The molecule has 0 atom stereocenters.